The van der Waals surface area contributed by atoms with E-state index in [1.807, 2.05) is 31.2 Å². The molecule has 0 saturated heterocycles. The summed E-state index contributed by atoms with van der Waals surface area (Å²) < 4.78 is 41.3. The van der Waals surface area contributed by atoms with Gasteiger partial charge in [0, 0.05) is 6.20 Å². The molecule has 0 unspecified atom stereocenters. The summed E-state index contributed by atoms with van der Waals surface area (Å²) in [5, 5.41) is 2.10. The monoisotopic (exact) mass is 372 g/mol. The summed E-state index contributed by atoms with van der Waals surface area (Å²) >= 11 is 0. The Hall–Kier alpha value is -3.35. The van der Waals surface area contributed by atoms with E-state index in [0.717, 1.165) is 17.2 Å². The Morgan fingerprint density at radius 2 is 1.70 bits per heavy atom. The van der Waals surface area contributed by atoms with Gasteiger partial charge >= 0.3 is 0 Å². The van der Waals surface area contributed by atoms with E-state index in [0.29, 0.717) is 6.07 Å². The lowest BCUT2D eigenvalue weighted by molar-refractivity contribution is 0.102. The Balaban J connectivity index is 1.87. The molecule has 1 aromatic heterocycles. The van der Waals surface area contributed by atoms with Crippen LogP contribution < -0.4 is 10.9 Å². The number of carbonyl (C=O) groups is 1. The molecule has 4 nitrogen and oxygen atoms in total. The van der Waals surface area contributed by atoms with E-state index in [4.69, 9.17) is 0 Å². The van der Waals surface area contributed by atoms with Gasteiger partial charge in [-0.2, -0.15) is 0 Å². The summed E-state index contributed by atoms with van der Waals surface area (Å²) in [5.74, 6) is -5.51. The van der Waals surface area contributed by atoms with Crippen molar-refractivity contribution in [3.8, 4) is 0 Å². The number of carbonyl (C=O) groups excluding carboxylic acids is 1. The number of anilines is 1. The first-order chi connectivity index (χ1) is 12.9. The maximum atomic E-state index is 13.7. The highest BCUT2D eigenvalue weighted by molar-refractivity contribution is 6.04. The molecule has 3 aromatic rings. The predicted octanol–water partition coefficient (Wildman–Crippen LogP) is 3.87. The zero-order valence-corrected chi connectivity index (χ0v) is 14.3. The average Bonchev–Trinajstić information content (AvgIpc) is 2.65. The molecule has 3 rings (SSSR count). The minimum Gasteiger partial charge on any atom is -0.319 e. The van der Waals surface area contributed by atoms with Gasteiger partial charge in [-0.1, -0.05) is 29.8 Å². The third kappa shape index (κ3) is 3.92. The predicted molar refractivity (Wildman–Crippen MR) is 95.3 cm³/mol. The van der Waals surface area contributed by atoms with Gasteiger partial charge in [0.1, 0.15) is 5.56 Å². The third-order valence-electron chi connectivity index (χ3n) is 4.02. The van der Waals surface area contributed by atoms with Gasteiger partial charge in [-0.3, -0.25) is 9.59 Å². The number of rotatable bonds is 4. The standard InChI is InChI=1S/C20H15F3N2O2/c1-12-4-6-13(7-5-12)11-25-10-2-3-14(20(25)27)19(26)24-16-9-8-15(21)17(22)18(16)23/h2-10H,11H2,1H3,(H,24,26). The zero-order chi connectivity index (χ0) is 19.6. The van der Waals surface area contributed by atoms with Crippen LogP contribution in [0.1, 0.15) is 21.5 Å². The largest absolute Gasteiger partial charge is 0.319 e. The highest BCUT2D eigenvalue weighted by atomic mass is 19.2. The lowest BCUT2D eigenvalue weighted by Gasteiger charge is -2.10. The van der Waals surface area contributed by atoms with Crippen molar-refractivity contribution < 1.29 is 18.0 Å². The SMILES string of the molecule is Cc1ccc(Cn2cccc(C(=O)Nc3ccc(F)c(F)c3F)c2=O)cc1. The van der Waals surface area contributed by atoms with Gasteiger partial charge in [-0.25, -0.2) is 13.2 Å². The van der Waals surface area contributed by atoms with Crippen LogP contribution >= 0.6 is 0 Å². The molecule has 0 aliphatic rings. The van der Waals surface area contributed by atoms with E-state index in [2.05, 4.69) is 5.32 Å². The first-order valence-corrected chi connectivity index (χ1v) is 8.06. The van der Waals surface area contributed by atoms with E-state index in [-0.39, 0.29) is 12.1 Å². The number of hydrogen-bond acceptors (Lipinski definition) is 2. The highest BCUT2D eigenvalue weighted by Crippen LogP contribution is 2.20. The summed E-state index contributed by atoms with van der Waals surface area (Å²) in [4.78, 5) is 24.9. The lowest BCUT2D eigenvalue weighted by Crippen LogP contribution is -2.29. The average molecular weight is 372 g/mol. The fourth-order valence-corrected chi connectivity index (χ4v) is 2.54. The van der Waals surface area contributed by atoms with E-state index in [1.54, 1.807) is 0 Å². The smallest absolute Gasteiger partial charge is 0.263 e. The maximum Gasteiger partial charge on any atom is 0.263 e. The maximum absolute atomic E-state index is 13.7. The van der Waals surface area contributed by atoms with Gasteiger partial charge in [-0.05, 0) is 36.8 Å². The molecule has 27 heavy (non-hydrogen) atoms. The van der Waals surface area contributed by atoms with Crippen LogP contribution in [0, 0.1) is 24.4 Å². The van der Waals surface area contributed by atoms with Crippen molar-refractivity contribution in [1.29, 1.82) is 0 Å². The number of nitrogens with one attached hydrogen (secondary N) is 1. The Kier molecular flexibility index (Phi) is 5.12. The van der Waals surface area contributed by atoms with Crippen molar-refractivity contribution in [2.45, 2.75) is 13.5 Å². The first-order valence-electron chi connectivity index (χ1n) is 8.06. The molecule has 0 aliphatic carbocycles. The minimum atomic E-state index is -1.70. The van der Waals surface area contributed by atoms with Crippen LogP contribution in [0.15, 0.2) is 59.5 Å². The molecular formula is C20H15F3N2O2. The van der Waals surface area contributed by atoms with Crippen molar-refractivity contribution >= 4 is 11.6 Å². The van der Waals surface area contributed by atoms with Crippen molar-refractivity contribution in [2.24, 2.45) is 0 Å². The molecule has 0 spiro atoms. The normalized spacial score (nSPS) is 10.7. The zero-order valence-electron chi connectivity index (χ0n) is 14.3. The van der Waals surface area contributed by atoms with Crippen molar-refractivity contribution in [3.63, 3.8) is 0 Å². The molecule has 0 fully saturated rings. The van der Waals surface area contributed by atoms with Crippen molar-refractivity contribution in [1.82, 2.24) is 4.57 Å². The topological polar surface area (TPSA) is 51.1 Å². The quantitative estimate of drug-likeness (QED) is 0.707. The molecule has 138 valence electrons. The van der Waals surface area contributed by atoms with Gasteiger partial charge < -0.3 is 9.88 Å². The summed E-state index contributed by atoms with van der Waals surface area (Å²) in [6.07, 6.45) is 1.52. The second-order valence-corrected chi connectivity index (χ2v) is 6.02. The second kappa shape index (κ2) is 7.49. The summed E-state index contributed by atoms with van der Waals surface area (Å²) in [5.41, 5.74) is 0.569. The molecular weight excluding hydrogens is 357 g/mol. The number of halogens is 3. The number of aromatic nitrogens is 1. The molecule has 1 amide bonds. The van der Waals surface area contributed by atoms with Crippen LogP contribution in [-0.2, 0) is 6.54 Å². The molecule has 0 saturated carbocycles. The van der Waals surface area contributed by atoms with Crippen LogP contribution in [-0.4, -0.2) is 10.5 Å². The fourth-order valence-electron chi connectivity index (χ4n) is 2.54. The van der Waals surface area contributed by atoms with Crippen molar-refractivity contribution in [3.05, 3.63) is 99.2 Å². The number of amides is 1. The third-order valence-corrected chi connectivity index (χ3v) is 4.02. The summed E-state index contributed by atoms with van der Waals surface area (Å²) in [6.45, 7) is 2.19. The number of pyridine rings is 1. The molecule has 1 heterocycles. The van der Waals surface area contributed by atoms with Gasteiger partial charge in [0.15, 0.2) is 17.5 Å². The van der Waals surface area contributed by atoms with Gasteiger partial charge in [0.2, 0.25) is 0 Å². The van der Waals surface area contributed by atoms with E-state index in [9.17, 15) is 22.8 Å². The van der Waals surface area contributed by atoms with Crippen LogP contribution in [0.25, 0.3) is 0 Å². The Bertz CT molecular complexity index is 1060. The van der Waals surface area contributed by atoms with Crippen LogP contribution in [0.4, 0.5) is 18.9 Å². The van der Waals surface area contributed by atoms with E-state index >= 15 is 0 Å². The van der Waals surface area contributed by atoms with Gasteiger partial charge in [-0.15, -0.1) is 0 Å². The molecule has 2 aromatic carbocycles. The lowest BCUT2D eigenvalue weighted by atomic mass is 10.1. The Morgan fingerprint density at radius 3 is 2.41 bits per heavy atom. The number of aryl methyl sites for hydroxylation is 1. The van der Waals surface area contributed by atoms with E-state index in [1.165, 1.54) is 22.9 Å². The molecule has 7 heteroatoms. The molecule has 0 radical (unpaired) electrons. The van der Waals surface area contributed by atoms with Crippen molar-refractivity contribution in [2.75, 3.05) is 5.32 Å². The molecule has 0 bridgehead atoms. The number of benzene rings is 2. The van der Waals surface area contributed by atoms with E-state index < -0.39 is 34.6 Å². The molecule has 0 atom stereocenters. The Labute approximate surface area is 152 Å². The van der Waals surface area contributed by atoms with Gasteiger partial charge in [0.05, 0.1) is 12.2 Å². The van der Waals surface area contributed by atoms with Gasteiger partial charge in [0.25, 0.3) is 11.5 Å². The van der Waals surface area contributed by atoms with Crippen LogP contribution in [0.3, 0.4) is 0 Å². The summed E-state index contributed by atoms with van der Waals surface area (Å²) in [6, 6.07) is 11.9. The number of nitrogens with zero attached hydrogens (tertiary/aromatic N) is 1. The number of hydrogen-bond donors (Lipinski definition) is 1. The highest BCUT2D eigenvalue weighted by Gasteiger charge is 2.18. The van der Waals surface area contributed by atoms with Crippen LogP contribution in [0.5, 0.6) is 0 Å². The second-order valence-electron chi connectivity index (χ2n) is 6.02. The molecule has 1 N–H and O–H groups in total. The fraction of sp³-hybridized carbons (Fsp3) is 0.100. The minimum absolute atomic E-state index is 0.242. The van der Waals surface area contributed by atoms with Crippen LogP contribution in [0.2, 0.25) is 0 Å². The first kappa shape index (κ1) is 18.4. The Morgan fingerprint density at radius 1 is 1.00 bits per heavy atom. The summed E-state index contributed by atoms with van der Waals surface area (Å²) in [7, 11) is 0. The molecule has 0 aliphatic heterocycles.